The molecule has 2 N–H and O–H groups in total. The molecule has 3 aromatic rings. The molecule has 9 nitrogen and oxygen atoms in total. The summed E-state index contributed by atoms with van der Waals surface area (Å²) in [5, 5.41) is 3.80. The Labute approximate surface area is 207 Å². The lowest BCUT2D eigenvalue weighted by molar-refractivity contribution is -0.161. The van der Waals surface area contributed by atoms with Crippen molar-refractivity contribution in [3.63, 3.8) is 0 Å². The van der Waals surface area contributed by atoms with Gasteiger partial charge in [0.15, 0.2) is 11.5 Å². The molecule has 9 heteroatoms. The van der Waals surface area contributed by atoms with Gasteiger partial charge in [-0.1, -0.05) is 24.3 Å². The predicted molar refractivity (Wildman–Crippen MR) is 129 cm³/mol. The van der Waals surface area contributed by atoms with Crippen LogP contribution < -0.4 is 14.8 Å². The Morgan fingerprint density at radius 3 is 2.69 bits per heavy atom. The van der Waals surface area contributed by atoms with Gasteiger partial charge in [0, 0.05) is 23.0 Å². The van der Waals surface area contributed by atoms with Gasteiger partial charge in [0.2, 0.25) is 18.6 Å². The van der Waals surface area contributed by atoms with E-state index in [1.54, 1.807) is 25.7 Å². The van der Waals surface area contributed by atoms with Crippen LogP contribution in [0.4, 0.5) is 0 Å². The van der Waals surface area contributed by atoms with Gasteiger partial charge in [-0.2, -0.15) is 0 Å². The van der Waals surface area contributed by atoms with Crippen LogP contribution in [0.3, 0.4) is 0 Å². The number of hydrogen-bond acceptors (Lipinski definition) is 6. The smallest absolute Gasteiger partial charge is 0.308 e. The number of amides is 2. The van der Waals surface area contributed by atoms with Crippen molar-refractivity contribution >= 4 is 28.7 Å². The van der Waals surface area contributed by atoms with Gasteiger partial charge in [0.1, 0.15) is 17.7 Å². The molecule has 1 saturated heterocycles. The minimum atomic E-state index is -1.01. The Morgan fingerprint density at radius 1 is 1.11 bits per heavy atom. The highest BCUT2D eigenvalue weighted by atomic mass is 16.7. The SMILES string of the molecule is CC(C)(C)OC(=O)C[C@@H]1NC(=O)[C@H]2Cc3c([nH]c4ccccc34)[C@@H](c3ccc4c(c3)OCO4)N2C1=O. The van der Waals surface area contributed by atoms with Gasteiger partial charge in [-0.15, -0.1) is 0 Å². The van der Waals surface area contributed by atoms with Gasteiger partial charge in [0.05, 0.1) is 12.5 Å². The number of carbonyl (C=O) groups excluding carboxylic acids is 3. The summed E-state index contributed by atoms with van der Waals surface area (Å²) < 4.78 is 16.5. The lowest BCUT2D eigenvalue weighted by Gasteiger charge is -2.46. The molecular weight excluding hydrogens is 462 g/mol. The van der Waals surface area contributed by atoms with Crippen LogP contribution in [0.15, 0.2) is 42.5 Å². The number of aromatic amines is 1. The Bertz CT molecular complexity index is 1400. The second-order valence-corrected chi connectivity index (χ2v) is 10.4. The maximum Gasteiger partial charge on any atom is 0.308 e. The van der Waals surface area contributed by atoms with Crippen molar-refractivity contribution in [1.29, 1.82) is 0 Å². The number of rotatable bonds is 3. The molecule has 0 spiro atoms. The number of fused-ring (bicyclic) bond motifs is 5. The van der Waals surface area contributed by atoms with Gasteiger partial charge < -0.3 is 29.4 Å². The van der Waals surface area contributed by atoms with Gasteiger partial charge >= 0.3 is 5.97 Å². The van der Waals surface area contributed by atoms with Gasteiger partial charge in [-0.05, 0) is 50.1 Å². The molecule has 2 amide bonds. The predicted octanol–water partition coefficient (Wildman–Crippen LogP) is 2.97. The quantitative estimate of drug-likeness (QED) is 0.548. The highest BCUT2D eigenvalue weighted by Gasteiger charge is 2.49. The number of nitrogens with zero attached hydrogens (tertiary/aromatic N) is 1. The van der Waals surface area contributed by atoms with Crippen molar-refractivity contribution in [3.05, 3.63) is 59.3 Å². The molecule has 4 heterocycles. The van der Waals surface area contributed by atoms with Crippen LogP contribution >= 0.6 is 0 Å². The number of esters is 1. The number of nitrogens with one attached hydrogen (secondary N) is 2. The van der Waals surface area contributed by atoms with Crippen LogP contribution in [0, 0.1) is 0 Å². The van der Waals surface area contributed by atoms with Crippen molar-refractivity contribution < 1.29 is 28.6 Å². The van der Waals surface area contributed by atoms with Crippen LogP contribution in [-0.2, 0) is 25.5 Å². The van der Waals surface area contributed by atoms with E-state index in [0.29, 0.717) is 17.9 Å². The summed E-state index contributed by atoms with van der Waals surface area (Å²) in [7, 11) is 0. The van der Waals surface area contributed by atoms with E-state index in [1.807, 2.05) is 42.5 Å². The highest BCUT2D eigenvalue weighted by molar-refractivity contribution is 6.00. The summed E-state index contributed by atoms with van der Waals surface area (Å²) in [6.07, 6.45) is 0.135. The minimum Gasteiger partial charge on any atom is -0.460 e. The largest absolute Gasteiger partial charge is 0.460 e. The summed E-state index contributed by atoms with van der Waals surface area (Å²) in [5.74, 6) is 0.0739. The zero-order valence-electron chi connectivity index (χ0n) is 20.3. The van der Waals surface area contributed by atoms with Crippen molar-refractivity contribution in [2.45, 2.75) is 57.3 Å². The number of carbonyl (C=O) groups is 3. The maximum atomic E-state index is 13.9. The van der Waals surface area contributed by atoms with E-state index < -0.39 is 29.7 Å². The third-order valence-electron chi connectivity index (χ3n) is 6.81. The fourth-order valence-electron chi connectivity index (χ4n) is 5.39. The monoisotopic (exact) mass is 489 g/mol. The minimum absolute atomic E-state index is 0.132. The van der Waals surface area contributed by atoms with Crippen LogP contribution in [0.2, 0.25) is 0 Å². The summed E-state index contributed by atoms with van der Waals surface area (Å²) in [4.78, 5) is 44.9. The summed E-state index contributed by atoms with van der Waals surface area (Å²) in [6.45, 7) is 5.42. The van der Waals surface area contributed by atoms with Crippen LogP contribution in [0.1, 0.15) is 50.1 Å². The molecule has 186 valence electrons. The molecule has 3 aliphatic rings. The number of H-pyrrole nitrogens is 1. The number of para-hydroxylation sites is 1. The Hall–Kier alpha value is -4.01. The zero-order chi connectivity index (χ0) is 25.2. The van der Waals surface area contributed by atoms with Crippen molar-refractivity contribution in [3.8, 4) is 11.5 Å². The third kappa shape index (κ3) is 3.66. The number of hydrogen-bond donors (Lipinski definition) is 2. The van der Waals surface area contributed by atoms with Crippen LogP contribution in [0.5, 0.6) is 11.5 Å². The Balaban J connectivity index is 1.44. The second kappa shape index (κ2) is 8.01. The maximum absolute atomic E-state index is 13.9. The first kappa shape index (κ1) is 22.5. The standard InChI is InChI=1S/C27H27N3O6/c1-27(2,3)36-22(31)12-18-26(33)30-19(25(32)29-18)11-16-15-6-4-5-7-17(15)28-23(16)24(30)14-8-9-20-21(10-14)35-13-34-20/h4-10,18-19,24,28H,11-13H2,1-3H3,(H,29,32)/t18-,19+,24+/m0/s1. The van der Waals surface area contributed by atoms with E-state index in [0.717, 1.165) is 27.7 Å². The third-order valence-corrected chi connectivity index (χ3v) is 6.81. The van der Waals surface area contributed by atoms with Crippen molar-refractivity contribution in [1.82, 2.24) is 15.2 Å². The topological polar surface area (TPSA) is 110 Å². The van der Waals surface area contributed by atoms with Gasteiger partial charge in [-0.25, -0.2) is 0 Å². The molecule has 1 aromatic heterocycles. The summed E-state index contributed by atoms with van der Waals surface area (Å²) in [5.41, 5.74) is 2.89. The van der Waals surface area contributed by atoms with Crippen LogP contribution in [-0.4, -0.2) is 52.1 Å². The van der Waals surface area contributed by atoms with Gasteiger partial charge in [-0.3, -0.25) is 14.4 Å². The lowest BCUT2D eigenvalue weighted by Crippen LogP contribution is -2.66. The molecule has 0 aliphatic carbocycles. The summed E-state index contributed by atoms with van der Waals surface area (Å²) in [6, 6.07) is 11.2. The number of aromatic nitrogens is 1. The van der Waals surface area contributed by atoms with E-state index in [1.165, 1.54) is 0 Å². The highest BCUT2D eigenvalue weighted by Crippen LogP contribution is 2.44. The number of ether oxygens (including phenoxy) is 3. The first-order valence-electron chi connectivity index (χ1n) is 12.0. The number of benzene rings is 2. The van der Waals surface area contributed by atoms with E-state index in [9.17, 15) is 14.4 Å². The average Bonchev–Trinajstić information content (AvgIpc) is 3.43. The molecular formula is C27H27N3O6. The second-order valence-electron chi connectivity index (χ2n) is 10.4. The average molecular weight is 490 g/mol. The molecule has 6 rings (SSSR count). The fraction of sp³-hybridized carbons (Fsp3) is 0.370. The van der Waals surface area contributed by atoms with E-state index in [2.05, 4.69) is 10.3 Å². The van der Waals surface area contributed by atoms with Crippen LogP contribution in [0.25, 0.3) is 10.9 Å². The first-order valence-corrected chi connectivity index (χ1v) is 12.0. The summed E-state index contributed by atoms with van der Waals surface area (Å²) >= 11 is 0. The molecule has 0 bridgehead atoms. The number of piperazine rings is 1. The van der Waals surface area contributed by atoms with Crippen molar-refractivity contribution in [2.24, 2.45) is 0 Å². The molecule has 1 fully saturated rings. The zero-order valence-corrected chi connectivity index (χ0v) is 20.3. The van der Waals surface area contributed by atoms with E-state index >= 15 is 0 Å². The van der Waals surface area contributed by atoms with Gasteiger partial charge in [0.25, 0.3) is 0 Å². The molecule has 3 aliphatic heterocycles. The molecule has 36 heavy (non-hydrogen) atoms. The fourth-order valence-corrected chi connectivity index (χ4v) is 5.39. The molecule has 0 unspecified atom stereocenters. The van der Waals surface area contributed by atoms with E-state index in [4.69, 9.17) is 14.2 Å². The van der Waals surface area contributed by atoms with Crippen molar-refractivity contribution in [2.75, 3.05) is 6.79 Å². The molecule has 2 aromatic carbocycles. The first-order chi connectivity index (χ1) is 17.2. The van der Waals surface area contributed by atoms with E-state index in [-0.39, 0.29) is 25.0 Å². The Morgan fingerprint density at radius 2 is 1.89 bits per heavy atom. The lowest BCUT2D eigenvalue weighted by atomic mass is 9.85. The molecule has 0 saturated carbocycles. The normalized spacial score (nSPS) is 22.8. The molecule has 0 radical (unpaired) electrons. The Kier molecular flexibility index (Phi) is 5.00. The molecule has 3 atom stereocenters.